The zero-order chi connectivity index (χ0) is 13.8. The summed E-state index contributed by atoms with van der Waals surface area (Å²) in [5, 5.41) is 0. The van der Waals surface area contributed by atoms with Crippen LogP contribution < -0.4 is 0 Å². The van der Waals surface area contributed by atoms with Crippen LogP contribution in [0.1, 0.15) is 65.7 Å². The van der Waals surface area contributed by atoms with Gasteiger partial charge in [-0.05, 0) is 53.1 Å². The molecule has 0 aliphatic rings. The molecule has 0 aliphatic carbocycles. The summed E-state index contributed by atoms with van der Waals surface area (Å²) in [5.41, 5.74) is 3.13. The quantitative estimate of drug-likeness (QED) is 0.381. The van der Waals surface area contributed by atoms with E-state index in [-0.39, 0.29) is 0 Å². The molecule has 0 spiro atoms. The second-order valence-corrected chi connectivity index (χ2v) is 5.54. The Morgan fingerprint density at radius 3 is 2.28 bits per heavy atom. The summed E-state index contributed by atoms with van der Waals surface area (Å²) in [6.07, 6.45) is 13.9. The molecule has 18 heavy (non-hydrogen) atoms. The van der Waals surface area contributed by atoms with Crippen molar-refractivity contribution >= 4 is 0 Å². The minimum absolute atomic E-state index is 1.08. The SMILES string of the molecule is CCCCC/C=C(/CC)CC/C=C(\C)CN(C)C. The number of hydrogen-bond acceptors (Lipinski definition) is 1. The average Bonchev–Trinajstić information content (AvgIpc) is 2.31. The van der Waals surface area contributed by atoms with Crippen LogP contribution in [-0.2, 0) is 0 Å². The van der Waals surface area contributed by atoms with Gasteiger partial charge in [-0.1, -0.05) is 50.0 Å². The van der Waals surface area contributed by atoms with Crippen LogP contribution in [-0.4, -0.2) is 25.5 Å². The summed E-state index contributed by atoms with van der Waals surface area (Å²) in [6, 6.07) is 0. The van der Waals surface area contributed by atoms with Gasteiger partial charge in [0.15, 0.2) is 0 Å². The van der Waals surface area contributed by atoms with Crippen LogP contribution in [0.25, 0.3) is 0 Å². The molecule has 0 aromatic carbocycles. The fourth-order valence-electron chi connectivity index (χ4n) is 2.19. The highest BCUT2D eigenvalue weighted by atomic mass is 15.0. The molecule has 0 saturated carbocycles. The van der Waals surface area contributed by atoms with Crippen molar-refractivity contribution in [1.82, 2.24) is 4.90 Å². The van der Waals surface area contributed by atoms with E-state index in [1.807, 2.05) is 0 Å². The molecule has 0 fully saturated rings. The van der Waals surface area contributed by atoms with E-state index in [0.717, 1.165) is 6.54 Å². The van der Waals surface area contributed by atoms with Crippen LogP contribution in [0.4, 0.5) is 0 Å². The molecule has 0 radical (unpaired) electrons. The van der Waals surface area contributed by atoms with Gasteiger partial charge in [0.25, 0.3) is 0 Å². The fourth-order valence-corrected chi connectivity index (χ4v) is 2.19. The van der Waals surface area contributed by atoms with Crippen molar-refractivity contribution < 1.29 is 0 Å². The smallest absolute Gasteiger partial charge is 0.0183 e. The highest BCUT2D eigenvalue weighted by molar-refractivity contribution is 5.06. The van der Waals surface area contributed by atoms with Crippen LogP contribution in [0, 0.1) is 0 Å². The van der Waals surface area contributed by atoms with Crippen LogP contribution in [0.15, 0.2) is 23.3 Å². The molecular formula is C17H33N. The zero-order valence-corrected chi connectivity index (χ0v) is 13.3. The first-order valence-corrected chi connectivity index (χ1v) is 7.58. The third-order valence-corrected chi connectivity index (χ3v) is 3.22. The molecule has 0 bridgehead atoms. The van der Waals surface area contributed by atoms with Gasteiger partial charge >= 0.3 is 0 Å². The van der Waals surface area contributed by atoms with Gasteiger partial charge in [-0.2, -0.15) is 0 Å². The van der Waals surface area contributed by atoms with Crippen molar-refractivity contribution in [3.05, 3.63) is 23.3 Å². The van der Waals surface area contributed by atoms with Crippen molar-refractivity contribution in [2.75, 3.05) is 20.6 Å². The molecule has 0 rings (SSSR count). The normalized spacial score (nSPS) is 13.4. The minimum atomic E-state index is 1.08. The number of likely N-dealkylation sites (N-methyl/N-ethyl adjacent to an activating group) is 1. The molecule has 0 aromatic rings. The van der Waals surface area contributed by atoms with Crippen molar-refractivity contribution in [3.63, 3.8) is 0 Å². The first-order valence-electron chi connectivity index (χ1n) is 7.58. The molecule has 0 saturated heterocycles. The van der Waals surface area contributed by atoms with E-state index in [2.05, 4.69) is 51.9 Å². The molecule has 0 heterocycles. The number of nitrogens with zero attached hydrogens (tertiary/aromatic N) is 1. The standard InChI is InChI=1S/C17H33N/c1-6-8-9-10-13-17(7-2)14-11-12-16(3)15-18(4)5/h12-13H,6-11,14-15H2,1-5H3/b16-12+,17-13-. The number of unbranched alkanes of at least 4 members (excludes halogenated alkanes) is 3. The molecule has 0 amide bonds. The Morgan fingerprint density at radius 2 is 1.72 bits per heavy atom. The molecule has 0 unspecified atom stereocenters. The lowest BCUT2D eigenvalue weighted by Gasteiger charge is -2.10. The maximum Gasteiger partial charge on any atom is 0.0183 e. The topological polar surface area (TPSA) is 3.24 Å². The zero-order valence-electron chi connectivity index (χ0n) is 13.3. The summed E-state index contributed by atoms with van der Waals surface area (Å²) in [4.78, 5) is 2.23. The molecule has 1 heteroatoms. The number of allylic oxidation sites excluding steroid dienone is 3. The second kappa shape index (κ2) is 11.5. The summed E-state index contributed by atoms with van der Waals surface area (Å²) >= 11 is 0. The van der Waals surface area contributed by atoms with Gasteiger partial charge in [0.2, 0.25) is 0 Å². The first-order chi connectivity index (χ1) is 8.60. The van der Waals surface area contributed by atoms with Gasteiger partial charge in [0.1, 0.15) is 0 Å². The molecule has 0 aliphatic heterocycles. The van der Waals surface area contributed by atoms with Crippen LogP contribution in [0.3, 0.4) is 0 Å². The van der Waals surface area contributed by atoms with E-state index < -0.39 is 0 Å². The largest absolute Gasteiger partial charge is 0.305 e. The lowest BCUT2D eigenvalue weighted by atomic mass is 10.0. The van der Waals surface area contributed by atoms with E-state index in [4.69, 9.17) is 0 Å². The number of rotatable bonds is 10. The first kappa shape index (κ1) is 17.4. The van der Waals surface area contributed by atoms with Gasteiger partial charge in [-0.3, -0.25) is 0 Å². The average molecular weight is 251 g/mol. The van der Waals surface area contributed by atoms with Crippen molar-refractivity contribution in [3.8, 4) is 0 Å². The molecule has 0 atom stereocenters. The van der Waals surface area contributed by atoms with Gasteiger partial charge in [-0.15, -0.1) is 0 Å². The van der Waals surface area contributed by atoms with Crippen LogP contribution in [0.2, 0.25) is 0 Å². The Labute approximate surface area is 115 Å². The van der Waals surface area contributed by atoms with Crippen molar-refractivity contribution in [1.29, 1.82) is 0 Å². The highest BCUT2D eigenvalue weighted by Crippen LogP contribution is 2.13. The molecule has 0 aromatic heterocycles. The maximum atomic E-state index is 2.48. The third-order valence-electron chi connectivity index (χ3n) is 3.22. The fraction of sp³-hybridized carbons (Fsp3) is 0.765. The Bertz CT molecular complexity index is 248. The molecular weight excluding hydrogens is 218 g/mol. The van der Waals surface area contributed by atoms with Crippen molar-refractivity contribution in [2.24, 2.45) is 0 Å². The predicted octanol–water partition coefficient (Wildman–Crippen LogP) is 5.19. The highest BCUT2D eigenvalue weighted by Gasteiger charge is 1.95. The van der Waals surface area contributed by atoms with Crippen LogP contribution in [0.5, 0.6) is 0 Å². The van der Waals surface area contributed by atoms with E-state index in [1.165, 1.54) is 50.5 Å². The third kappa shape index (κ3) is 10.6. The molecule has 1 nitrogen and oxygen atoms in total. The van der Waals surface area contributed by atoms with E-state index in [0.29, 0.717) is 0 Å². The lowest BCUT2D eigenvalue weighted by Crippen LogP contribution is -2.13. The van der Waals surface area contributed by atoms with Crippen molar-refractivity contribution in [2.45, 2.75) is 65.7 Å². The summed E-state index contributed by atoms with van der Waals surface area (Å²) < 4.78 is 0. The second-order valence-electron chi connectivity index (χ2n) is 5.54. The summed E-state index contributed by atoms with van der Waals surface area (Å²) in [6.45, 7) is 7.86. The van der Waals surface area contributed by atoms with E-state index >= 15 is 0 Å². The lowest BCUT2D eigenvalue weighted by molar-refractivity contribution is 0.444. The molecule has 106 valence electrons. The van der Waals surface area contributed by atoms with E-state index in [1.54, 1.807) is 5.57 Å². The molecule has 0 N–H and O–H groups in total. The minimum Gasteiger partial charge on any atom is -0.305 e. The Balaban J connectivity index is 3.92. The monoisotopic (exact) mass is 251 g/mol. The maximum absolute atomic E-state index is 2.48. The van der Waals surface area contributed by atoms with Gasteiger partial charge in [0, 0.05) is 6.54 Å². The Hall–Kier alpha value is -0.560. The number of hydrogen-bond donors (Lipinski definition) is 0. The predicted molar refractivity (Wildman–Crippen MR) is 84.1 cm³/mol. The summed E-state index contributed by atoms with van der Waals surface area (Å²) in [7, 11) is 4.25. The Kier molecular flexibility index (Phi) is 11.2. The van der Waals surface area contributed by atoms with Crippen LogP contribution >= 0.6 is 0 Å². The van der Waals surface area contributed by atoms with Gasteiger partial charge in [-0.25, -0.2) is 0 Å². The summed E-state index contributed by atoms with van der Waals surface area (Å²) in [5.74, 6) is 0. The van der Waals surface area contributed by atoms with Gasteiger partial charge < -0.3 is 4.90 Å². The van der Waals surface area contributed by atoms with Gasteiger partial charge in [0.05, 0.1) is 0 Å². The van der Waals surface area contributed by atoms with E-state index in [9.17, 15) is 0 Å². The Morgan fingerprint density at radius 1 is 1.00 bits per heavy atom.